The first-order chi connectivity index (χ1) is 19.2. The van der Waals surface area contributed by atoms with Crippen LogP contribution in [0.25, 0.3) is 0 Å². The molecule has 0 unspecified atom stereocenters. The van der Waals surface area contributed by atoms with Crippen molar-refractivity contribution in [1.82, 2.24) is 0 Å². The van der Waals surface area contributed by atoms with E-state index in [9.17, 15) is 9.90 Å². The molecule has 3 aromatic carbocycles. The van der Waals surface area contributed by atoms with E-state index >= 15 is 4.39 Å². The van der Waals surface area contributed by atoms with Gasteiger partial charge in [0.15, 0.2) is 11.6 Å². The Morgan fingerprint density at radius 3 is 2.23 bits per heavy atom. The lowest BCUT2D eigenvalue weighted by Gasteiger charge is -2.44. The number of rotatable bonds is 7. The van der Waals surface area contributed by atoms with Crippen LogP contribution in [0.15, 0.2) is 72.8 Å². The van der Waals surface area contributed by atoms with E-state index in [1.807, 2.05) is 12.1 Å². The number of carbonyl (C=O) groups excluding carboxylic acids is 1. The number of benzene rings is 3. The highest BCUT2D eigenvalue weighted by Gasteiger charge is 2.52. The Bertz CT molecular complexity index is 1280. The Balaban J connectivity index is 1.44. The van der Waals surface area contributed by atoms with Gasteiger partial charge >= 0.3 is 5.97 Å². The number of halogens is 1. The molecule has 5 nitrogen and oxygen atoms in total. The summed E-state index contributed by atoms with van der Waals surface area (Å²) in [5, 5.41) is 13.5. The second kappa shape index (κ2) is 11.5. The molecule has 0 saturated heterocycles. The second-order valence-electron chi connectivity index (χ2n) is 11.9. The number of hydrogen-bond acceptors (Lipinski definition) is 5. The summed E-state index contributed by atoms with van der Waals surface area (Å²) in [4.78, 5) is 12.3. The number of hydrogen-bond donors (Lipinski definition) is 1. The maximum Gasteiger partial charge on any atom is 0.341 e. The molecule has 3 aromatic rings. The molecular weight excluding hydrogens is 523 g/mol. The predicted octanol–water partition coefficient (Wildman–Crippen LogP) is 5.27. The van der Waals surface area contributed by atoms with Crippen molar-refractivity contribution in [2.75, 3.05) is 13.2 Å². The van der Waals surface area contributed by atoms with E-state index in [0.717, 1.165) is 12.0 Å². The summed E-state index contributed by atoms with van der Waals surface area (Å²) in [6.45, 7) is 8.95. The molecule has 1 heterocycles. The molecule has 1 fully saturated rings. The summed E-state index contributed by atoms with van der Waals surface area (Å²) >= 11 is 0. The van der Waals surface area contributed by atoms with Gasteiger partial charge in [0.2, 0.25) is 0 Å². The lowest BCUT2D eigenvalue weighted by molar-refractivity contribution is 0.0518. The van der Waals surface area contributed by atoms with E-state index in [1.165, 1.54) is 16.4 Å². The number of aliphatic hydroxyl groups is 1. The van der Waals surface area contributed by atoms with Crippen molar-refractivity contribution in [2.24, 2.45) is 11.8 Å². The Kier molecular flexibility index (Phi) is 8.18. The van der Waals surface area contributed by atoms with E-state index in [0.29, 0.717) is 19.4 Å². The standard InChI is InChI=1S/C33H39FO5Si/c1-5-37-32(36)26-19-17-22-16-18-25-27(28(35)20-29(25)39-31(22)30(26)34)21-38-40(33(2,3)4,23-12-8-6-9-13-23)24-14-10-7-11-15-24/h6-15,17,19,25,27-29,35H,5,16,18,20-21H2,1-4H3/t25-,27-,28-,29+/m1/s1. The summed E-state index contributed by atoms with van der Waals surface area (Å²) in [7, 11) is -2.78. The van der Waals surface area contributed by atoms with E-state index in [2.05, 4.69) is 69.3 Å². The number of aliphatic hydroxyl groups excluding tert-OH is 1. The number of carbonyl (C=O) groups is 1. The van der Waals surface area contributed by atoms with E-state index in [4.69, 9.17) is 13.9 Å². The summed E-state index contributed by atoms with van der Waals surface area (Å²) in [5.41, 5.74) is 0.616. The predicted molar refractivity (Wildman–Crippen MR) is 156 cm³/mol. The van der Waals surface area contributed by atoms with E-state index in [1.54, 1.807) is 13.0 Å². The fourth-order valence-electron chi connectivity index (χ4n) is 6.66. The maximum atomic E-state index is 15.5. The average Bonchev–Trinajstić information content (AvgIpc) is 3.11. The fourth-order valence-corrected chi connectivity index (χ4v) is 11.3. The van der Waals surface area contributed by atoms with Crippen LogP contribution in [0.4, 0.5) is 4.39 Å². The molecule has 2 aliphatic rings. The van der Waals surface area contributed by atoms with Gasteiger partial charge in [0.25, 0.3) is 8.32 Å². The highest BCUT2D eigenvalue weighted by molar-refractivity contribution is 6.99. The molecule has 40 heavy (non-hydrogen) atoms. The van der Waals surface area contributed by atoms with Crippen LogP contribution in [0.5, 0.6) is 5.75 Å². The molecule has 1 N–H and O–H groups in total. The highest BCUT2D eigenvalue weighted by Crippen LogP contribution is 2.45. The number of esters is 1. The molecule has 0 aromatic heterocycles. The fraction of sp³-hybridized carbons (Fsp3) is 0.424. The molecule has 1 aliphatic carbocycles. The normalized spacial score (nSPS) is 22.6. The Hall–Kier alpha value is -3.00. The number of ether oxygens (including phenoxy) is 2. The van der Waals surface area contributed by atoms with Crippen molar-refractivity contribution in [3.63, 3.8) is 0 Å². The summed E-state index contributed by atoms with van der Waals surface area (Å²) in [6.07, 6.45) is 0.727. The maximum absolute atomic E-state index is 15.5. The van der Waals surface area contributed by atoms with Gasteiger partial charge in [-0.25, -0.2) is 9.18 Å². The molecule has 7 heteroatoms. The van der Waals surface area contributed by atoms with Crippen LogP contribution >= 0.6 is 0 Å². The van der Waals surface area contributed by atoms with Crippen LogP contribution in [0.3, 0.4) is 0 Å². The van der Waals surface area contributed by atoms with Gasteiger partial charge in [-0.3, -0.25) is 0 Å². The van der Waals surface area contributed by atoms with Gasteiger partial charge in [-0.1, -0.05) is 87.5 Å². The Morgan fingerprint density at radius 2 is 1.65 bits per heavy atom. The van der Waals surface area contributed by atoms with Crippen molar-refractivity contribution >= 4 is 24.7 Å². The SMILES string of the molecule is CCOC(=O)c1ccc2c(c1F)O[C@H]1C[C@@H](O)[C@H](CO[Si](c3ccccc3)(c3ccccc3)C(C)(C)C)[C@H]1CC2. The van der Waals surface area contributed by atoms with Gasteiger partial charge in [0.1, 0.15) is 6.10 Å². The monoisotopic (exact) mass is 562 g/mol. The van der Waals surface area contributed by atoms with Crippen molar-refractivity contribution in [3.05, 3.63) is 89.7 Å². The molecule has 1 aliphatic heterocycles. The molecule has 1 saturated carbocycles. The Labute approximate surface area is 237 Å². The highest BCUT2D eigenvalue weighted by atomic mass is 28.4. The quantitative estimate of drug-likeness (QED) is 0.314. The topological polar surface area (TPSA) is 65.0 Å². The van der Waals surface area contributed by atoms with Crippen LogP contribution in [-0.4, -0.2) is 44.8 Å². The zero-order chi connectivity index (χ0) is 28.5. The van der Waals surface area contributed by atoms with Gasteiger partial charge in [0.05, 0.1) is 18.3 Å². The molecule has 212 valence electrons. The zero-order valence-corrected chi connectivity index (χ0v) is 24.7. The summed E-state index contributed by atoms with van der Waals surface area (Å²) in [5.74, 6) is -1.44. The third kappa shape index (κ3) is 5.11. The van der Waals surface area contributed by atoms with Gasteiger partial charge < -0.3 is 19.0 Å². The third-order valence-electron chi connectivity index (χ3n) is 8.59. The second-order valence-corrected chi connectivity index (χ2v) is 16.2. The Morgan fingerprint density at radius 1 is 1.02 bits per heavy atom. The van der Waals surface area contributed by atoms with Gasteiger partial charge in [0, 0.05) is 24.9 Å². The first-order valence-electron chi connectivity index (χ1n) is 14.3. The van der Waals surface area contributed by atoms with Gasteiger partial charge in [-0.2, -0.15) is 0 Å². The zero-order valence-electron chi connectivity index (χ0n) is 23.7. The van der Waals surface area contributed by atoms with Crippen molar-refractivity contribution < 1.29 is 28.2 Å². The number of fused-ring (bicyclic) bond motifs is 2. The van der Waals surface area contributed by atoms with Crippen molar-refractivity contribution in [1.29, 1.82) is 0 Å². The number of aryl methyl sites for hydroxylation is 1. The third-order valence-corrected chi connectivity index (χ3v) is 13.6. The molecule has 0 spiro atoms. The molecule has 0 bridgehead atoms. The first-order valence-corrected chi connectivity index (χ1v) is 16.2. The minimum absolute atomic E-state index is 0.00828. The molecule has 5 rings (SSSR count). The molecule has 4 atom stereocenters. The minimum atomic E-state index is -2.78. The molecule has 0 amide bonds. The lowest BCUT2D eigenvalue weighted by atomic mass is 9.89. The largest absolute Gasteiger partial charge is 0.487 e. The van der Waals surface area contributed by atoms with Gasteiger partial charge in [-0.05, 0) is 46.8 Å². The van der Waals surface area contributed by atoms with Crippen molar-refractivity contribution in [3.8, 4) is 5.75 Å². The summed E-state index contributed by atoms with van der Waals surface area (Å²) < 4.78 is 33.9. The molecule has 0 radical (unpaired) electrons. The van der Waals surface area contributed by atoms with Crippen molar-refractivity contribution in [2.45, 2.75) is 64.2 Å². The van der Waals surface area contributed by atoms with Gasteiger partial charge in [-0.15, -0.1) is 0 Å². The van der Waals surface area contributed by atoms with E-state index in [-0.39, 0.29) is 40.9 Å². The van der Waals surface area contributed by atoms with Crippen LogP contribution in [0.1, 0.15) is 56.5 Å². The summed E-state index contributed by atoms with van der Waals surface area (Å²) in [6, 6.07) is 24.2. The van der Waals surface area contributed by atoms with Crippen LogP contribution in [-0.2, 0) is 15.6 Å². The molecular formula is C33H39FO5Si. The lowest BCUT2D eigenvalue weighted by Crippen LogP contribution is -2.67. The van der Waals surface area contributed by atoms with Crippen LogP contribution in [0, 0.1) is 17.7 Å². The average molecular weight is 563 g/mol. The van der Waals surface area contributed by atoms with Crippen LogP contribution in [0.2, 0.25) is 5.04 Å². The van der Waals surface area contributed by atoms with E-state index < -0.39 is 26.2 Å². The van der Waals surface area contributed by atoms with Crippen LogP contribution < -0.4 is 15.1 Å². The smallest absolute Gasteiger partial charge is 0.341 e. The minimum Gasteiger partial charge on any atom is -0.487 e. The first kappa shape index (κ1) is 28.5.